The van der Waals surface area contributed by atoms with E-state index in [4.69, 9.17) is 23.3 Å². The summed E-state index contributed by atoms with van der Waals surface area (Å²) in [6.45, 7) is 4.44. The van der Waals surface area contributed by atoms with Gasteiger partial charge in [-0.2, -0.15) is 0 Å². The number of hydrogen-bond donors (Lipinski definition) is 2. The summed E-state index contributed by atoms with van der Waals surface area (Å²) in [6, 6.07) is 0. The Balaban J connectivity index is 4.69. The van der Waals surface area contributed by atoms with Crippen molar-refractivity contribution in [1.82, 2.24) is 0 Å². The molecule has 0 rings (SSSR count). The number of allylic oxidation sites excluding steroid dienone is 10. The van der Waals surface area contributed by atoms with Crippen molar-refractivity contribution in [3.05, 3.63) is 60.8 Å². The maximum absolute atomic E-state index is 12.9. The quantitative estimate of drug-likeness (QED) is 0.0197. The lowest BCUT2D eigenvalue weighted by Gasteiger charge is -2.21. The zero-order chi connectivity index (χ0) is 52.7. The van der Waals surface area contributed by atoms with Crippen LogP contribution in [0, 0.1) is 0 Å². The summed E-state index contributed by atoms with van der Waals surface area (Å²) in [5, 5.41) is 9.80. The fraction of sp³-hybridized carbons (Fsp3) is 0.783. The lowest BCUT2D eigenvalue weighted by Crippen LogP contribution is -2.30. The molecule has 3 unspecified atom stereocenters. The van der Waals surface area contributed by atoms with E-state index in [1.54, 1.807) is 0 Å². The fourth-order valence-corrected chi connectivity index (χ4v) is 8.78. The largest absolute Gasteiger partial charge is 0.472 e. The number of phosphoric acid groups is 1. The summed E-state index contributed by atoms with van der Waals surface area (Å²) in [5.74, 6) is -1.50. The summed E-state index contributed by atoms with van der Waals surface area (Å²) in [7, 11) is -4.76. The number of esters is 3. The van der Waals surface area contributed by atoms with E-state index in [0.717, 1.165) is 103 Å². The van der Waals surface area contributed by atoms with E-state index in [0.29, 0.717) is 19.3 Å². The third-order valence-corrected chi connectivity index (χ3v) is 13.4. The highest BCUT2D eigenvalue weighted by Crippen LogP contribution is 2.43. The maximum Gasteiger partial charge on any atom is 0.472 e. The van der Waals surface area contributed by atoms with Gasteiger partial charge in [-0.1, -0.05) is 229 Å². The summed E-state index contributed by atoms with van der Waals surface area (Å²) in [5.41, 5.74) is 0. The van der Waals surface area contributed by atoms with Crippen LogP contribution in [0.4, 0.5) is 0 Å². The van der Waals surface area contributed by atoms with Gasteiger partial charge in [0, 0.05) is 19.3 Å². The first kappa shape index (κ1) is 69.2. The molecule has 0 aromatic carbocycles. The van der Waals surface area contributed by atoms with Crippen molar-refractivity contribution >= 4 is 25.7 Å². The van der Waals surface area contributed by atoms with Crippen LogP contribution in [0.15, 0.2) is 60.8 Å². The number of aliphatic hydroxyl groups is 1. The highest BCUT2D eigenvalue weighted by Gasteiger charge is 2.28. The first-order valence-electron chi connectivity index (χ1n) is 29.2. The number of hydrogen-bond acceptors (Lipinski definition) is 10. The van der Waals surface area contributed by atoms with Crippen LogP contribution in [0.2, 0.25) is 0 Å². The minimum absolute atomic E-state index is 0.132. The van der Waals surface area contributed by atoms with Crippen LogP contribution in [0.25, 0.3) is 0 Å². The molecular formula is C60H107O11P. The highest BCUT2D eigenvalue weighted by molar-refractivity contribution is 7.47. The molecule has 0 radical (unpaired) electrons. The Labute approximate surface area is 440 Å². The average Bonchev–Trinajstić information content (AvgIpc) is 3.37. The van der Waals surface area contributed by atoms with E-state index in [2.05, 4.69) is 81.5 Å². The second-order valence-electron chi connectivity index (χ2n) is 19.4. The monoisotopic (exact) mass is 1030 g/mol. The van der Waals surface area contributed by atoms with Crippen LogP contribution in [-0.2, 0) is 42.2 Å². The maximum atomic E-state index is 12.9. The van der Waals surface area contributed by atoms with Gasteiger partial charge in [0.2, 0.25) is 0 Å². The fourth-order valence-electron chi connectivity index (χ4n) is 8.00. The predicted octanol–water partition coefficient (Wildman–Crippen LogP) is 17.1. The average molecular weight is 1040 g/mol. The number of ether oxygens (including phenoxy) is 3. The van der Waals surface area contributed by atoms with Gasteiger partial charge in [0.15, 0.2) is 6.10 Å². The Morgan fingerprint density at radius 1 is 0.403 bits per heavy atom. The van der Waals surface area contributed by atoms with Gasteiger partial charge in [-0.15, -0.1) is 0 Å². The predicted molar refractivity (Wildman–Crippen MR) is 298 cm³/mol. The summed E-state index contributed by atoms with van der Waals surface area (Å²) < 4.78 is 39.5. The molecule has 0 aromatic rings. The molecule has 72 heavy (non-hydrogen) atoms. The van der Waals surface area contributed by atoms with E-state index < -0.39 is 57.8 Å². The van der Waals surface area contributed by atoms with Crippen molar-refractivity contribution in [2.24, 2.45) is 0 Å². The van der Waals surface area contributed by atoms with Gasteiger partial charge in [0.1, 0.15) is 12.7 Å². The molecule has 11 nitrogen and oxygen atoms in total. The molecule has 0 saturated carbocycles. The Kier molecular flexibility index (Phi) is 52.3. The number of rotatable bonds is 54. The van der Waals surface area contributed by atoms with Crippen LogP contribution in [-0.4, -0.2) is 66.5 Å². The Bertz CT molecular complexity index is 1440. The molecule has 2 N–H and O–H groups in total. The molecule has 0 saturated heterocycles. The molecule has 0 amide bonds. The first-order chi connectivity index (χ1) is 35.2. The highest BCUT2D eigenvalue weighted by atomic mass is 31.2. The summed E-state index contributed by atoms with van der Waals surface area (Å²) in [4.78, 5) is 48.5. The van der Waals surface area contributed by atoms with Gasteiger partial charge >= 0.3 is 25.7 Å². The second-order valence-corrected chi connectivity index (χ2v) is 20.9. The SMILES string of the molecule is CC/C=C\C/C=C\C/C=C\CCCCCC(=O)OC(COC(=O)CCCCCCCCCCCCCCCCCCCCC)COP(=O)(O)OCC(CO)OC(=O)CCCCCCC/C=C\C/C=C\CCC. The topological polar surface area (TPSA) is 155 Å². The Morgan fingerprint density at radius 2 is 0.750 bits per heavy atom. The zero-order valence-corrected chi connectivity index (χ0v) is 47.0. The molecule has 0 aliphatic heterocycles. The van der Waals surface area contributed by atoms with E-state index in [9.17, 15) is 28.9 Å². The van der Waals surface area contributed by atoms with Gasteiger partial charge in [-0.05, 0) is 77.0 Å². The van der Waals surface area contributed by atoms with Crippen molar-refractivity contribution in [2.45, 2.75) is 277 Å². The van der Waals surface area contributed by atoms with Crippen molar-refractivity contribution in [3.63, 3.8) is 0 Å². The van der Waals surface area contributed by atoms with Crippen LogP contribution in [0.3, 0.4) is 0 Å². The van der Waals surface area contributed by atoms with E-state index in [1.807, 2.05) is 0 Å². The van der Waals surface area contributed by atoms with E-state index in [1.165, 1.54) is 103 Å². The van der Waals surface area contributed by atoms with Gasteiger partial charge < -0.3 is 24.2 Å². The Hall–Kier alpha value is -2.82. The standard InChI is InChI=1S/C60H107O11P/c1-4-7-10-13-16-19-22-25-26-27-28-29-30-33-34-37-40-43-46-49-58(62)67-53-57(71-60(64)51-48-45-42-39-36-32-24-21-18-15-12-9-6-3)55-69-72(65,66)68-54-56(52-61)70-59(63)50-47-44-41-38-35-31-23-20-17-14-11-8-5-2/h9,11-12,14,18,20-21,23,32,36,56-57,61H,4-8,10,13,15-17,19,22,24-31,33-35,37-55H2,1-3H3,(H,65,66)/b12-9-,14-11-,21-18-,23-20-,36-32-. The van der Waals surface area contributed by atoms with Gasteiger partial charge in [0.05, 0.1) is 19.8 Å². The van der Waals surface area contributed by atoms with Crippen LogP contribution < -0.4 is 0 Å². The molecule has 12 heteroatoms. The summed E-state index contributed by atoms with van der Waals surface area (Å²) in [6.07, 6.45) is 59.0. The molecule has 0 aromatic heterocycles. The normalized spacial score (nSPS) is 13.8. The Morgan fingerprint density at radius 3 is 1.18 bits per heavy atom. The molecule has 0 heterocycles. The molecule has 418 valence electrons. The van der Waals surface area contributed by atoms with Crippen LogP contribution in [0.1, 0.15) is 265 Å². The first-order valence-corrected chi connectivity index (χ1v) is 30.7. The van der Waals surface area contributed by atoms with Crippen LogP contribution in [0.5, 0.6) is 0 Å². The number of phosphoric ester groups is 1. The van der Waals surface area contributed by atoms with Gasteiger partial charge in [-0.3, -0.25) is 23.4 Å². The molecular weight excluding hydrogens is 928 g/mol. The smallest absolute Gasteiger partial charge is 0.462 e. The molecule has 0 bridgehead atoms. The van der Waals surface area contributed by atoms with Crippen LogP contribution >= 0.6 is 7.82 Å². The van der Waals surface area contributed by atoms with Crippen molar-refractivity contribution in [1.29, 1.82) is 0 Å². The van der Waals surface area contributed by atoms with E-state index >= 15 is 0 Å². The third-order valence-electron chi connectivity index (χ3n) is 12.4. The van der Waals surface area contributed by atoms with Gasteiger partial charge in [0.25, 0.3) is 0 Å². The minimum atomic E-state index is -4.76. The molecule has 0 fully saturated rings. The lowest BCUT2D eigenvalue weighted by atomic mass is 10.0. The van der Waals surface area contributed by atoms with Gasteiger partial charge in [-0.25, -0.2) is 4.57 Å². The second kappa shape index (κ2) is 54.4. The molecule has 0 aliphatic carbocycles. The number of unbranched alkanes of at least 4 members (excludes halogenated alkanes) is 27. The number of carbonyl (C=O) groups is 3. The third kappa shape index (κ3) is 52.1. The van der Waals surface area contributed by atoms with Crippen molar-refractivity contribution < 1.29 is 52.2 Å². The number of aliphatic hydroxyl groups excluding tert-OH is 1. The van der Waals surface area contributed by atoms with Crippen molar-refractivity contribution in [2.75, 3.05) is 26.4 Å². The minimum Gasteiger partial charge on any atom is -0.462 e. The molecule has 3 atom stereocenters. The molecule has 0 spiro atoms. The van der Waals surface area contributed by atoms with E-state index in [-0.39, 0.29) is 25.9 Å². The zero-order valence-electron chi connectivity index (χ0n) is 46.1. The summed E-state index contributed by atoms with van der Waals surface area (Å²) >= 11 is 0. The van der Waals surface area contributed by atoms with Crippen molar-refractivity contribution in [3.8, 4) is 0 Å². The lowest BCUT2D eigenvalue weighted by molar-refractivity contribution is -0.161. The molecule has 0 aliphatic rings. The number of carbonyl (C=O) groups excluding carboxylic acids is 3.